The maximum atomic E-state index is 11.8. The Bertz CT molecular complexity index is 548. The van der Waals surface area contributed by atoms with Crippen LogP contribution in [0, 0.1) is 0 Å². The van der Waals surface area contributed by atoms with E-state index in [-0.39, 0.29) is 18.0 Å². The molecule has 1 heterocycles. The van der Waals surface area contributed by atoms with Gasteiger partial charge in [-0.3, -0.25) is 9.79 Å². The third-order valence-corrected chi connectivity index (χ3v) is 2.88. The molecular weight excluding hydrogens is 292 g/mol. The van der Waals surface area contributed by atoms with Crippen LogP contribution in [0.3, 0.4) is 0 Å². The molecule has 7 nitrogen and oxygen atoms in total. The first kappa shape index (κ1) is 18.7. The Balaban J connectivity index is 2.49. The van der Waals surface area contributed by atoms with Gasteiger partial charge in [-0.2, -0.15) is 0 Å². The van der Waals surface area contributed by atoms with Crippen LogP contribution in [0.5, 0.6) is 0 Å². The fourth-order valence-corrected chi connectivity index (χ4v) is 1.85. The normalized spacial score (nSPS) is 11.8. The van der Waals surface area contributed by atoms with E-state index >= 15 is 0 Å². The van der Waals surface area contributed by atoms with Crippen molar-refractivity contribution in [2.45, 2.75) is 32.9 Å². The zero-order valence-corrected chi connectivity index (χ0v) is 14.9. The number of hydrogen-bond donors (Lipinski definition) is 3. The molecule has 1 amide bonds. The van der Waals surface area contributed by atoms with E-state index in [4.69, 9.17) is 0 Å². The van der Waals surface area contributed by atoms with Gasteiger partial charge in [0.05, 0.1) is 6.54 Å². The molecule has 0 fully saturated rings. The van der Waals surface area contributed by atoms with Gasteiger partial charge in [-0.1, -0.05) is 0 Å². The number of pyridine rings is 1. The average Bonchev–Trinajstić information content (AvgIpc) is 2.46. The van der Waals surface area contributed by atoms with E-state index in [0.29, 0.717) is 12.5 Å². The number of hydrogen-bond acceptors (Lipinski definition) is 4. The topological polar surface area (TPSA) is 81.6 Å². The van der Waals surface area contributed by atoms with Crippen molar-refractivity contribution in [3.63, 3.8) is 0 Å². The molecule has 0 spiro atoms. The summed E-state index contributed by atoms with van der Waals surface area (Å²) in [6.07, 6.45) is 1.78. The number of aromatic nitrogens is 1. The molecule has 128 valence electrons. The summed E-state index contributed by atoms with van der Waals surface area (Å²) in [7, 11) is 5.58. The van der Waals surface area contributed by atoms with Crippen molar-refractivity contribution in [2.24, 2.45) is 4.99 Å². The predicted octanol–water partition coefficient (Wildman–Crippen LogP) is 0.727. The summed E-state index contributed by atoms with van der Waals surface area (Å²) in [6.45, 7) is 6.62. The van der Waals surface area contributed by atoms with Crippen molar-refractivity contribution in [1.29, 1.82) is 0 Å². The van der Waals surface area contributed by atoms with E-state index in [1.165, 1.54) is 0 Å². The fraction of sp³-hybridized carbons (Fsp3) is 0.562. The van der Waals surface area contributed by atoms with Crippen LogP contribution >= 0.6 is 0 Å². The van der Waals surface area contributed by atoms with E-state index in [9.17, 15) is 4.79 Å². The number of nitrogens with one attached hydrogen (secondary N) is 3. The molecule has 1 aromatic heterocycles. The second-order valence-corrected chi connectivity index (χ2v) is 6.49. The van der Waals surface area contributed by atoms with Crippen LogP contribution in [0.1, 0.15) is 26.3 Å². The highest BCUT2D eigenvalue weighted by Gasteiger charge is 2.13. The maximum absolute atomic E-state index is 11.8. The van der Waals surface area contributed by atoms with Gasteiger partial charge >= 0.3 is 0 Å². The Kier molecular flexibility index (Phi) is 6.81. The second kappa shape index (κ2) is 8.36. The van der Waals surface area contributed by atoms with Crippen molar-refractivity contribution in [3.8, 4) is 0 Å². The molecule has 3 N–H and O–H groups in total. The number of carbonyl (C=O) groups is 1. The van der Waals surface area contributed by atoms with Crippen molar-refractivity contribution in [1.82, 2.24) is 20.9 Å². The van der Waals surface area contributed by atoms with Gasteiger partial charge in [0.1, 0.15) is 5.82 Å². The van der Waals surface area contributed by atoms with Crippen molar-refractivity contribution in [3.05, 3.63) is 23.9 Å². The van der Waals surface area contributed by atoms with Crippen LogP contribution in [0.25, 0.3) is 0 Å². The lowest BCUT2D eigenvalue weighted by Crippen LogP contribution is -2.48. The van der Waals surface area contributed by atoms with E-state index in [2.05, 4.69) is 25.9 Å². The quantitative estimate of drug-likeness (QED) is 0.550. The fourth-order valence-electron chi connectivity index (χ4n) is 1.85. The molecule has 23 heavy (non-hydrogen) atoms. The molecule has 0 bridgehead atoms. The predicted molar refractivity (Wildman–Crippen MR) is 94.7 cm³/mol. The van der Waals surface area contributed by atoms with Gasteiger partial charge in [-0.25, -0.2) is 4.98 Å². The summed E-state index contributed by atoms with van der Waals surface area (Å²) in [5, 5.41) is 9.08. The highest BCUT2D eigenvalue weighted by atomic mass is 16.2. The molecule has 0 aliphatic heterocycles. The molecule has 0 aliphatic carbocycles. The van der Waals surface area contributed by atoms with Crippen molar-refractivity contribution in [2.75, 3.05) is 32.6 Å². The lowest BCUT2D eigenvalue weighted by atomic mass is 10.1. The molecule has 1 aromatic rings. The molecule has 0 radical (unpaired) electrons. The Labute approximate surface area is 138 Å². The molecule has 0 unspecified atom stereocenters. The van der Waals surface area contributed by atoms with Crippen LogP contribution in [-0.2, 0) is 11.3 Å². The largest absolute Gasteiger partial charge is 0.363 e. The minimum Gasteiger partial charge on any atom is -0.363 e. The first-order valence-electron chi connectivity index (χ1n) is 7.59. The summed E-state index contributed by atoms with van der Waals surface area (Å²) in [5.41, 5.74) is 0.848. The number of amides is 1. The van der Waals surface area contributed by atoms with Crippen LogP contribution in [-0.4, -0.2) is 50.1 Å². The van der Waals surface area contributed by atoms with E-state index in [1.807, 2.05) is 51.9 Å². The zero-order valence-electron chi connectivity index (χ0n) is 14.9. The summed E-state index contributed by atoms with van der Waals surface area (Å²) in [6, 6.07) is 3.95. The van der Waals surface area contributed by atoms with Crippen LogP contribution in [0.15, 0.2) is 23.3 Å². The monoisotopic (exact) mass is 320 g/mol. The first-order valence-corrected chi connectivity index (χ1v) is 7.59. The van der Waals surface area contributed by atoms with Gasteiger partial charge in [0.15, 0.2) is 5.96 Å². The van der Waals surface area contributed by atoms with Crippen LogP contribution < -0.4 is 20.9 Å². The minimum absolute atomic E-state index is 0.0701. The van der Waals surface area contributed by atoms with Gasteiger partial charge in [-0.15, -0.1) is 0 Å². The SMILES string of the molecule is CN=C(NCC(=O)NC(C)(C)C)NCc1ccnc(N(C)C)c1. The molecule has 0 aliphatic rings. The molecule has 7 heteroatoms. The molecular formula is C16H28N6O. The lowest BCUT2D eigenvalue weighted by Gasteiger charge is -2.21. The number of nitrogens with zero attached hydrogens (tertiary/aromatic N) is 3. The van der Waals surface area contributed by atoms with Crippen molar-refractivity contribution >= 4 is 17.7 Å². The maximum Gasteiger partial charge on any atom is 0.239 e. The Morgan fingerprint density at radius 1 is 1.30 bits per heavy atom. The highest BCUT2D eigenvalue weighted by Crippen LogP contribution is 2.09. The zero-order chi connectivity index (χ0) is 17.5. The standard InChI is InChI=1S/C16H28N6O/c1-16(2,3)21-14(23)11-20-15(17-4)19-10-12-7-8-18-13(9-12)22(5)6/h7-9H,10-11H2,1-6H3,(H,21,23)(H2,17,19,20). The Morgan fingerprint density at radius 3 is 2.57 bits per heavy atom. The molecule has 0 atom stereocenters. The third kappa shape index (κ3) is 7.49. The molecule has 0 saturated carbocycles. The van der Waals surface area contributed by atoms with E-state index in [1.54, 1.807) is 13.2 Å². The van der Waals surface area contributed by atoms with Gasteiger partial charge in [0, 0.05) is 39.4 Å². The van der Waals surface area contributed by atoms with Gasteiger partial charge < -0.3 is 20.9 Å². The summed E-state index contributed by atoms with van der Waals surface area (Å²) >= 11 is 0. The summed E-state index contributed by atoms with van der Waals surface area (Å²) in [4.78, 5) is 22.2. The van der Waals surface area contributed by atoms with Gasteiger partial charge in [0.25, 0.3) is 0 Å². The summed E-state index contributed by atoms with van der Waals surface area (Å²) < 4.78 is 0. The first-order chi connectivity index (χ1) is 10.7. The average molecular weight is 320 g/mol. The molecule has 0 aromatic carbocycles. The Morgan fingerprint density at radius 2 is 2.00 bits per heavy atom. The highest BCUT2D eigenvalue weighted by molar-refractivity contribution is 5.86. The van der Waals surface area contributed by atoms with Crippen LogP contribution in [0.2, 0.25) is 0 Å². The second-order valence-electron chi connectivity index (χ2n) is 6.49. The molecule has 1 rings (SSSR count). The van der Waals surface area contributed by atoms with Crippen molar-refractivity contribution < 1.29 is 4.79 Å². The number of rotatable bonds is 5. The van der Waals surface area contributed by atoms with E-state index in [0.717, 1.165) is 11.4 Å². The third-order valence-electron chi connectivity index (χ3n) is 2.88. The number of guanidine groups is 1. The number of anilines is 1. The number of carbonyl (C=O) groups excluding carboxylic acids is 1. The summed E-state index contributed by atoms with van der Waals surface area (Å²) in [5.74, 6) is 1.41. The van der Waals surface area contributed by atoms with Gasteiger partial charge in [0.2, 0.25) is 5.91 Å². The van der Waals surface area contributed by atoms with Crippen LogP contribution in [0.4, 0.5) is 5.82 Å². The van der Waals surface area contributed by atoms with Gasteiger partial charge in [-0.05, 0) is 38.5 Å². The number of aliphatic imine (C=N–C) groups is 1. The smallest absolute Gasteiger partial charge is 0.239 e. The lowest BCUT2D eigenvalue weighted by molar-refractivity contribution is -0.121. The van der Waals surface area contributed by atoms with E-state index < -0.39 is 0 Å². The Hall–Kier alpha value is -2.31. The minimum atomic E-state index is -0.241. The molecule has 0 saturated heterocycles.